The molecule has 1 heterocycles. The molecule has 0 fully saturated rings. The van der Waals surface area contributed by atoms with Crippen molar-refractivity contribution in [1.82, 2.24) is 11.1 Å². The molecule has 0 saturated heterocycles. The Labute approximate surface area is 73.6 Å². The highest BCUT2D eigenvalue weighted by Crippen LogP contribution is 2.33. The molecular formula is C8H18N2S. The van der Waals surface area contributed by atoms with Crippen LogP contribution in [0, 0.1) is 5.92 Å². The smallest absolute Gasteiger partial charge is 0.0808 e. The van der Waals surface area contributed by atoms with E-state index in [0.29, 0.717) is 5.37 Å². The lowest BCUT2D eigenvalue weighted by molar-refractivity contribution is 0.337. The highest BCUT2D eigenvalue weighted by molar-refractivity contribution is 8.02. The Morgan fingerprint density at radius 3 is 2.27 bits per heavy atom. The van der Waals surface area contributed by atoms with Crippen molar-refractivity contribution in [3.05, 3.63) is 11.1 Å². The van der Waals surface area contributed by atoms with E-state index in [9.17, 15) is 0 Å². The molecular weight excluding hydrogens is 156 g/mol. The van der Waals surface area contributed by atoms with E-state index in [1.807, 2.05) is 11.8 Å². The molecule has 3 N–H and O–H groups in total. The summed E-state index contributed by atoms with van der Waals surface area (Å²) in [4.78, 5) is 2.34. The van der Waals surface area contributed by atoms with Crippen molar-refractivity contribution >= 4 is 11.8 Å². The Kier molecular flexibility index (Phi) is 3.97. The molecule has 11 heavy (non-hydrogen) atoms. The van der Waals surface area contributed by atoms with Gasteiger partial charge in [0.15, 0.2) is 0 Å². The number of hydrogen-bond donors (Lipinski definition) is 1. The zero-order chi connectivity index (χ0) is 7.72. The third-order valence-electron chi connectivity index (χ3n) is 1.89. The standard InChI is InChI=1S/C8H15NS.H3N/c1-6(2)8-9(4)7(3)5-10-8;/h5-6,8H,1-4H3;1H3. The maximum absolute atomic E-state index is 2.34. The molecule has 0 bridgehead atoms. The van der Waals surface area contributed by atoms with Crippen molar-refractivity contribution in [2.24, 2.45) is 5.92 Å². The van der Waals surface area contributed by atoms with Gasteiger partial charge in [-0.3, -0.25) is 0 Å². The lowest BCUT2D eigenvalue weighted by Gasteiger charge is -2.25. The van der Waals surface area contributed by atoms with Crippen LogP contribution < -0.4 is 6.15 Å². The largest absolute Gasteiger partial charge is 0.365 e. The summed E-state index contributed by atoms with van der Waals surface area (Å²) >= 11 is 1.93. The summed E-state index contributed by atoms with van der Waals surface area (Å²) in [7, 11) is 2.16. The van der Waals surface area contributed by atoms with Crippen LogP contribution in [0.1, 0.15) is 20.8 Å². The Morgan fingerprint density at radius 1 is 1.55 bits per heavy atom. The van der Waals surface area contributed by atoms with E-state index in [4.69, 9.17) is 0 Å². The molecule has 2 nitrogen and oxygen atoms in total. The highest BCUT2D eigenvalue weighted by Gasteiger charge is 2.23. The molecule has 1 atom stereocenters. The highest BCUT2D eigenvalue weighted by atomic mass is 32.2. The fourth-order valence-corrected chi connectivity index (χ4v) is 2.31. The molecule has 0 spiro atoms. The van der Waals surface area contributed by atoms with E-state index < -0.39 is 0 Å². The maximum atomic E-state index is 2.34. The Morgan fingerprint density at radius 2 is 2.09 bits per heavy atom. The first-order chi connectivity index (χ1) is 4.63. The van der Waals surface area contributed by atoms with Gasteiger partial charge in [0.1, 0.15) is 0 Å². The number of allylic oxidation sites excluding steroid dienone is 1. The summed E-state index contributed by atoms with van der Waals surface area (Å²) < 4.78 is 0. The average Bonchev–Trinajstić information content (AvgIpc) is 2.14. The molecule has 0 saturated carbocycles. The Bertz CT molecular complexity index is 154. The number of thioether (sulfide) groups is 1. The molecule has 0 aromatic carbocycles. The van der Waals surface area contributed by atoms with Gasteiger partial charge in [0.2, 0.25) is 0 Å². The lowest BCUT2D eigenvalue weighted by atomic mass is 10.2. The van der Waals surface area contributed by atoms with Gasteiger partial charge in [-0.2, -0.15) is 0 Å². The van der Waals surface area contributed by atoms with Crippen LogP contribution in [0.25, 0.3) is 0 Å². The number of rotatable bonds is 1. The normalized spacial score (nSPS) is 23.5. The van der Waals surface area contributed by atoms with Gasteiger partial charge in [-0.05, 0) is 18.2 Å². The van der Waals surface area contributed by atoms with Gasteiger partial charge in [0.25, 0.3) is 0 Å². The predicted molar refractivity (Wildman–Crippen MR) is 52.8 cm³/mol. The van der Waals surface area contributed by atoms with Gasteiger partial charge in [-0.1, -0.05) is 13.8 Å². The second-order valence-corrected chi connectivity index (χ2v) is 4.13. The predicted octanol–water partition coefficient (Wildman–Crippen LogP) is 2.67. The summed E-state index contributed by atoms with van der Waals surface area (Å²) in [5.41, 5.74) is 1.39. The average molecular weight is 174 g/mol. The van der Waals surface area contributed by atoms with Crippen molar-refractivity contribution in [2.45, 2.75) is 26.1 Å². The molecule has 0 aromatic rings. The summed E-state index contributed by atoms with van der Waals surface area (Å²) in [6.07, 6.45) is 0. The van der Waals surface area contributed by atoms with Gasteiger partial charge in [-0.15, -0.1) is 11.8 Å². The van der Waals surface area contributed by atoms with Gasteiger partial charge >= 0.3 is 0 Å². The van der Waals surface area contributed by atoms with Crippen LogP contribution in [0.5, 0.6) is 0 Å². The van der Waals surface area contributed by atoms with Gasteiger partial charge in [0.05, 0.1) is 5.37 Å². The number of hydrogen-bond acceptors (Lipinski definition) is 3. The van der Waals surface area contributed by atoms with E-state index in [1.165, 1.54) is 5.70 Å². The van der Waals surface area contributed by atoms with Crippen LogP contribution in [0.2, 0.25) is 0 Å². The molecule has 1 unspecified atom stereocenters. The zero-order valence-electron chi connectivity index (χ0n) is 7.79. The molecule has 3 heteroatoms. The van der Waals surface area contributed by atoms with Crippen molar-refractivity contribution in [2.75, 3.05) is 7.05 Å². The first-order valence-corrected chi connectivity index (χ1v) is 4.62. The van der Waals surface area contributed by atoms with Crippen LogP contribution in [0.3, 0.4) is 0 Å². The fourth-order valence-electron chi connectivity index (χ4n) is 1.15. The van der Waals surface area contributed by atoms with E-state index in [1.54, 1.807) is 0 Å². The van der Waals surface area contributed by atoms with Crippen molar-refractivity contribution in [1.29, 1.82) is 0 Å². The summed E-state index contributed by atoms with van der Waals surface area (Å²) in [5, 5.41) is 2.91. The quantitative estimate of drug-likeness (QED) is 0.664. The second-order valence-electron chi connectivity index (χ2n) is 3.14. The Hall–Kier alpha value is -0.150. The van der Waals surface area contributed by atoms with Crippen LogP contribution in [0.4, 0.5) is 0 Å². The first-order valence-electron chi connectivity index (χ1n) is 3.68. The van der Waals surface area contributed by atoms with E-state index in [-0.39, 0.29) is 6.15 Å². The summed E-state index contributed by atoms with van der Waals surface area (Å²) in [6.45, 7) is 6.69. The molecule has 66 valence electrons. The summed E-state index contributed by atoms with van der Waals surface area (Å²) in [5.74, 6) is 0.740. The van der Waals surface area contributed by atoms with Gasteiger partial charge < -0.3 is 11.1 Å². The minimum atomic E-state index is 0. The zero-order valence-corrected chi connectivity index (χ0v) is 8.61. The minimum absolute atomic E-state index is 0. The molecule has 1 rings (SSSR count). The summed E-state index contributed by atoms with van der Waals surface area (Å²) in [6, 6.07) is 0. The fraction of sp³-hybridized carbons (Fsp3) is 0.750. The lowest BCUT2D eigenvalue weighted by Crippen LogP contribution is -2.27. The van der Waals surface area contributed by atoms with Crippen LogP contribution in [-0.2, 0) is 0 Å². The molecule has 1 aliphatic rings. The SMILES string of the molecule is CC1=CSC(C(C)C)N1C.N. The van der Waals surface area contributed by atoms with Gasteiger partial charge in [-0.25, -0.2) is 0 Å². The first kappa shape index (κ1) is 10.8. The van der Waals surface area contributed by atoms with E-state index in [0.717, 1.165) is 5.92 Å². The van der Waals surface area contributed by atoms with Crippen molar-refractivity contribution < 1.29 is 0 Å². The Balaban J connectivity index is 0.000001000. The monoisotopic (exact) mass is 174 g/mol. The van der Waals surface area contributed by atoms with Crippen LogP contribution >= 0.6 is 11.8 Å². The molecule has 0 aromatic heterocycles. The van der Waals surface area contributed by atoms with Crippen LogP contribution in [0.15, 0.2) is 11.1 Å². The van der Waals surface area contributed by atoms with E-state index >= 15 is 0 Å². The second kappa shape index (κ2) is 4.02. The van der Waals surface area contributed by atoms with Gasteiger partial charge in [0, 0.05) is 12.7 Å². The third-order valence-corrected chi connectivity index (χ3v) is 3.50. The van der Waals surface area contributed by atoms with Crippen LogP contribution in [-0.4, -0.2) is 17.3 Å². The minimum Gasteiger partial charge on any atom is -0.365 e. The molecule has 1 aliphatic heterocycles. The molecule has 0 amide bonds. The maximum Gasteiger partial charge on any atom is 0.0808 e. The molecule has 0 radical (unpaired) electrons. The third kappa shape index (κ3) is 2.14. The van der Waals surface area contributed by atoms with Crippen molar-refractivity contribution in [3.8, 4) is 0 Å². The topological polar surface area (TPSA) is 38.2 Å². The number of nitrogens with zero attached hydrogens (tertiary/aromatic N) is 1. The molecule has 0 aliphatic carbocycles. The van der Waals surface area contributed by atoms with Crippen molar-refractivity contribution in [3.63, 3.8) is 0 Å². The van der Waals surface area contributed by atoms with E-state index in [2.05, 4.69) is 38.1 Å².